The number of oxazole rings is 1. The maximum Gasteiger partial charge on any atom is 0.452 e. The molecule has 39 heavy (non-hydrogen) atoms. The van der Waals surface area contributed by atoms with Gasteiger partial charge in [-0.25, -0.2) is 9.78 Å². The maximum absolute atomic E-state index is 13.6. The van der Waals surface area contributed by atoms with Gasteiger partial charge in [0.25, 0.3) is 5.91 Å². The number of hydrogen-bond donors (Lipinski definition) is 2. The molecule has 1 saturated heterocycles. The van der Waals surface area contributed by atoms with Gasteiger partial charge in [-0.2, -0.15) is 13.2 Å². The Morgan fingerprint density at radius 3 is 2.33 bits per heavy atom. The van der Waals surface area contributed by atoms with E-state index in [0.717, 1.165) is 18.7 Å². The number of carboxylic acids is 1. The molecule has 11 heteroatoms. The third-order valence-electron chi connectivity index (χ3n) is 6.16. The number of halogens is 3. The summed E-state index contributed by atoms with van der Waals surface area (Å²) in [6.45, 7) is 1.33. The van der Waals surface area contributed by atoms with Gasteiger partial charge in [0, 0.05) is 29.9 Å². The first kappa shape index (κ1) is 25.8. The first-order chi connectivity index (χ1) is 18.7. The summed E-state index contributed by atoms with van der Waals surface area (Å²) in [6, 6.07) is 20.9. The van der Waals surface area contributed by atoms with Crippen LogP contribution in [0.4, 0.5) is 24.5 Å². The average Bonchev–Trinajstić information content (AvgIpc) is 3.58. The highest BCUT2D eigenvalue weighted by Crippen LogP contribution is 2.35. The molecule has 0 aliphatic carbocycles. The van der Waals surface area contributed by atoms with E-state index >= 15 is 0 Å². The standard InChI is InChI=1S/C28H22F3N3O5/c29-28(30,31)24-23(33-26(39-24)17-4-2-1-3-5-17)25(35)32-19-8-12-21(13-9-19)38-22-14-15-34(16-22)20-10-6-18(7-11-20)27(36)37/h1-13,22H,14-16H2,(H,32,35)(H,36,37)/t22-/m0/s1. The molecule has 8 nitrogen and oxygen atoms in total. The number of aromatic carboxylic acids is 1. The van der Waals surface area contributed by atoms with Gasteiger partial charge in [0.2, 0.25) is 11.7 Å². The van der Waals surface area contributed by atoms with E-state index in [9.17, 15) is 22.8 Å². The van der Waals surface area contributed by atoms with Crippen molar-refractivity contribution in [3.63, 3.8) is 0 Å². The van der Waals surface area contributed by atoms with E-state index in [1.807, 2.05) is 0 Å². The second kappa shape index (κ2) is 10.5. The highest BCUT2D eigenvalue weighted by atomic mass is 19.4. The largest absolute Gasteiger partial charge is 0.489 e. The molecule has 3 aromatic carbocycles. The summed E-state index contributed by atoms with van der Waals surface area (Å²) in [6.07, 6.45) is -4.28. The van der Waals surface area contributed by atoms with Gasteiger partial charge in [-0.15, -0.1) is 0 Å². The first-order valence-corrected chi connectivity index (χ1v) is 12.0. The minimum absolute atomic E-state index is 0.120. The molecule has 1 atom stereocenters. The van der Waals surface area contributed by atoms with Crippen LogP contribution < -0.4 is 15.0 Å². The molecule has 200 valence electrons. The van der Waals surface area contributed by atoms with Crippen molar-refractivity contribution < 1.29 is 37.0 Å². The number of rotatable bonds is 7. The number of carbonyl (C=O) groups is 2. The summed E-state index contributed by atoms with van der Waals surface area (Å²) in [7, 11) is 0. The fourth-order valence-electron chi connectivity index (χ4n) is 4.24. The Labute approximate surface area is 220 Å². The number of aromatic nitrogens is 1. The zero-order valence-corrected chi connectivity index (χ0v) is 20.3. The van der Waals surface area contributed by atoms with E-state index in [1.165, 1.54) is 24.3 Å². The quantitative estimate of drug-likeness (QED) is 0.299. The number of carbonyl (C=O) groups excluding carboxylic acids is 1. The number of ether oxygens (including phenoxy) is 1. The molecule has 0 saturated carbocycles. The molecule has 0 bridgehead atoms. The molecule has 1 aliphatic heterocycles. The maximum atomic E-state index is 13.6. The van der Waals surface area contributed by atoms with Crippen molar-refractivity contribution in [1.29, 1.82) is 0 Å². The Morgan fingerprint density at radius 2 is 1.69 bits per heavy atom. The number of alkyl halides is 3. The van der Waals surface area contributed by atoms with Crippen LogP contribution in [0.15, 0.2) is 83.3 Å². The van der Waals surface area contributed by atoms with E-state index in [0.29, 0.717) is 17.9 Å². The Hall–Kier alpha value is -4.80. The van der Waals surface area contributed by atoms with E-state index in [4.69, 9.17) is 14.3 Å². The van der Waals surface area contributed by atoms with Crippen LogP contribution in [0.25, 0.3) is 11.5 Å². The second-order valence-corrected chi connectivity index (χ2v) is 8.87. The highest BCUT2D eigenvalue weighted by molar-refractivity contribution is 6.04. The number of nitrogens with zero attached hydrogens (tertiary/aromatic N) is 2. The van der Waals surface area contributed by atoms with Gasteiger partial charge in [-0.1, -0.05) is 18.2 Å². The molecule has 0 spiro atoms. The van der Waals surface area contributed by atoms with Crippen molar-refractivity contribution in [2.24, 2.45) is 0 Å². The molecule has 0 unspecified atom stereocenters. The molecule has 2 heterocycles. The predicted molar refractivity (Wildman–Crippen MR) is 136 cm³/mol. The van der Waals surface area contributed by atoms with Gasteiger partial charge in [0.1, 0.15) is 11.9 Å². The van der Waals surface area contributed by atoms with E-state index in [-0.39, 0.29) is 23.2 Å². The van der Waals surface area contributed by atoms with Crippen molar-refractivity contribution in [3.05, 3.63) is 95.9 Å². The van der Waals surface area contributed by atoms with E-state index < -0.39 is 29.5 Å². The predicted octanol–water partition coefficient (Wildman–Crippen LogP) is 5.97. The number of anilines is 2. The second-order valence-electron chi connectivity index (χ2n) is 8.87. The molecule has 1 aliphatic rings. The number of amides is 1. The normalized spacial score (nSPS) is 15.3. The highest BCUT2D eigenvalue weighted by Gasteiger charge is 2.42. The van der Waals surface area contributed by atoms with Crippen LogP contribution in [0.5, 0.6) is 5.75 Å². The smallest absolute Gasteiger partial charge is 0.452 e. The van der Waals surface area contributed by atoms with E-state index in [2.05, 4.69) is 15.2 Å². The SMILES string of the molecule is O=C(O)c1ccc(N2CC[C@H](Oc3ccc(NC(=O)c4nc(-c5ccccc5)oc4C(F)(F)F)cc3)C2)cc1. The number of carboxylic acid groups (broad SMARTS) is 1. The van der Waals surface area contributed by atoms with Crippen LogP contribution in [-0.4, -0.2) is 41.2 Å². The summed E-state index contributed by atoms with van der Waals surface area (Å²) in [5, 5.41) is 11.5. The van der Waals surface area contributed by atoms with Crippen LogP contribution in [0.1, 0.15) is 33.0 Å². The first-order valence-electron chi connectivity index (χ1n) is 12.0. The van der Waals surface area contributed by atoms with Gasteiger partial charge in [-0.05, 0) is 60.7 Å². The lowest BCUT2D eigenvalue weighted by Crippen LogP contribution is -2.24. The molecular weight excluding hydrogens is 515 g/mol. The van der Waals surface area contributed by atoms with Crippen molar-refractivity contribution in [2.45, 2.75) is 18.7 Å². The van der Waals surface area contributed by atoms with Crippen molar-refractivity contribution in [2.75, 3.05) is 23.3 Å². The van der Waals surface area contributed by atoms with Gasteiger partial charge < -0.3 is 24.5 Å². The topological polar surface area (TPSA) is 105 Å². The minimum atomic E-state index is -4.90. The molecule has 1 aromatic heterocycles. The van der Waals surface area contributed by atoms with Crippen LogP contribution in [-0.2, 0) is 6.18 Å². The van der Waals surface area contributed by atoms with Crippen molar-refractivity contribution >= 4 is 23.3 Å². The lowest BCUT2D eigenvalue weighted by atomic mass is 10.2. The summed E-state index contributed by atoms with van der Waals surface area (Å²) >= 11 is 0. The fraction of sp³-hybridized carbons (Fsp3) is 0.179. The Kier molecular flexibility index (Phi) is 6.97. The molecule has 1 amide bonds. The monoisotopic (exact) mass is 537 g/mol. The van der Waals surface area contributed by atoms with Crippen LogP contribution >= 0.6 is 0 Å². The van der Waals surface area contributed by atoms with E-state index in [1.54, 1.807) is 54.6 Å². The van der Waals surface area contributed by atoms with Crippen LogP contribution in [0, 0.1) is 0 Å². The fourth-order valence-corrected chi connectivity index (χ4v) is 4.24. The Morgan fingerprint density at radius 1 is 1.00 bits per heavy atom. The molecule has 5 rings (SSSR count). The molecule has 1 fully saturated rings. The Bertz CT molecular complexity index is 1470. The molecular formula is C28H22F3N3O5. The third-order valence-corrected chi connectivity index (χ3v) is 6.16. The van der Waals surface area contributed by atoms with Gasteiger partial charge in [0.15, 0.2) is 5.69 Å². The van der Waals surface area contributed by atoms with Gasteiger partial charge in [0.05, 0.1) is 12.1 Å². The lowest BCUT2D eigenvalue weighted by molar-refractivity contribution is -0.153. The Balaban J connectivity index is 1.22. The molecule has 0 radical (unpaired) electrons. The summed E-state index contributed by atoms with van der Waals surface area (Å²) in [5.41, 5.74) is 0.824. The molecule has 2 N–H and O–H groups in total. The lowest BCUT2D eigenvalue weighted by Gasteiger charge is -2.19. The summed E-state index contributed by atoms with van der Waals surface area (Å²) in [4.78, 5) is 29.7. The molecule has 4 aromatic rings. The van der Waals surface area contributed by atoms with Crippen molar-refractivity contribution in [1.82, 2.24) is 4.98 Å². The summed E-state index contributed by atoms with van der Waals surface area (Å²) < 4.78 is 51.6. The zero-order valence-electron chi connectivity index (χ0n) is 20.3. The average molecular weight is 537 g/mol. The summed E-state index contributed by atoms with van der Waals surface area (Å²) in [5.74, 6) is -3.28. The zero-order chi connectivity index (χ0) is 27.6. The number of benzene rings is 3. The third kappa shape index (κ3) is 5.87. The van der Waals surface area contributed by atoms with Gasteiger partial charge in [-0.3, -0.25) is 4.79 Å². The number of nitrogens with one attached hydrogen (secondary N) is 1. The number of hydrogen-bond acceptors (Lipinski definition) is 6. The van der Waals surface area contributed by atoms with Gasteiger partial charge >= 0.3 is 12.1 Å². The van der Waals surface area contributed by atoms with Crippen molar-refractivity contribution in [3.8, 4) is 17.2 Å². The van der Waals surface area contributed by atoms with Crippen LogP contribution in [0.2, 0.25) is 0 Å². The van der Waals surface area contributed by atoms with Crippen LogP contribution in [0.3, 0.4) is 0 Å². The minimum Gasteiger partial charge on any atom is -0.489 e.